The molecular weight excluding hydrogens is 194 g/mol. The van der Waals surface area contributed by atoms with Crippen LogP contribution in [0.2, 0.25) is 0 Å². The second kappa shape index (κ2) is 4.21. The Morgan fingerprint density at radius 2 is 2.33 bits per heavy atom. The van der Waals surface area contributed by atoms with Gasteiger partial charge in [0.15, 0.2) is 6.23 Å². The summed E-state index contributed by atoms with van der Waals surface area (Å²) in [7, 11) is 0. The minimum Gasteiger partial charge on any atom is -0.435 e. The zero-order chi connectivity index (χ0) is 10.7. The van der Waals surface area contributed by atoms with Gasteiger partial charge < -0.3 is 14.8 Å². The molecule has 1 unspecified atom stereocenters. The summed E-state index contributed by atoms with van der Waals surface area (Å²) in [5.74, 6) is 0. The van der Waals surface area contributed by atoms with Crippen molar-refractivity contribution in [1.29, 1.82) is 0 Å². The number of anilines is 1. The normalized spacial score (nSPS) is 17.8. The summed E-state index contributed by atoms with van der Waals surface area (Å²) in [6, 6.07) is 7.88. The van der Waals surface area contributed by atoms with E-state index < -0.39 is 6.16 Å². The van der Waals surface area contributed by atoms with E-state index in [0.29, 0.717) is 13.0 Å². The Bertz CT molecular complexity index is 340. The highest BCUT2D eigenvalue weighted by Gasteiger charge is 2.23. The molecule has 4 heteroatoms. The van der Waals surface area contributed by atoms with E-state index in [1.807, 2.05) is 24.3 Å². The SMILES string of the molecule is CCOC(=O)OC1Cc2ccccc2N1. The van der Waals surface area contributed by atoms with E-state index in [-0.39, 0.29) is 6.23 Å². The number of carbonyl (C=O) groups is 1. The van der Waals surface area contributed by atoms with Crippen molar-refractivity contribution in [2.24, 2.45) is 0 Å². The first-order valence-electron chi connectivity index (χ1n) is 4.97. The van der Waals surface area contributed by atoms with Crippen LogP contribution in [0.3, 0.4) is 0 Å². The smallest absolute Gasteiger partial charge is 0.435 e. The summed E-state index contributed by atoms with van der Waals surface area (Å²) in [6.07, 6.45) is -0.237. The summed E-state index contributed by atoms with van der Waals surface area (Å²) < 4.78 is 9.76. The van der Waals surface area contributed by atoms with Crippen LogP contribution in [0, 0.1) is 0 Å². The molecule has 0 radical (unpaired) electrons. The molecule has 1 aliphatic heterocycles. The van der Waals surface area contributed by atoms with Crippen LogP contribution in [0.5, 0.6) is 0 Å². The lowest BCUT2D eigenvalue weighted by atomic mass is 10.2. The second-order valence-corrected chi connectivity index (χ2v) is 3.30. The molecule has 1 N–H and O–H groups in total. The van der Waals surface area contributed by atoms with Gasteiger partial charge in [0.1, 0.15) is 0 Å². The maximum absolute atomic E-state index is 11.1. The van der Waals surface area contributed by atoms with Crippen molar-refractivity contribution in [2.75, 3.05) is 11.9 Å². The van der Waals surface area contributed by atoms with Crippen LogP contribution < -0.4 is 5.32 Å². The van der Waals surface area contributed by atoms with Gasteiger partial charge in [-0.25, -0.2) is 4.79 Å². The van der Waals surface area contributed by atoms with Crippen LogP contribution in [-0.2, 0) is 15.9 Å². The lowest BCUT2D eigenvalue weighted by Gasteiger charge is -2.11. The highest BCUT2D eigenvalue weighted by Crippen LogP contribution is 2.25. The average Bonchev–Trinajstić information content (AvgIpc) is 2.59. The van der Waals surface area contributed by atoms with Gasteiger partial charge in [0.25, 0.3) is 0 Å². The number of benzene rings is 1. The molecule has 0 saturated carbocycles. The standard InChI is InChI=1S/C11H13NO3/c1-2-14-11(13)15-10-7-8-5-3-4-6-9(8)12-10/h3-6,10,12H,2,7H2,1H3. The molecule has 1 atom stereocenters. The number of fused-ring (bicyclic) bond motifs is 1. The molecule has 0 bridgehead atoms. The Balaban J connectivity index is 1.93. The number of carbonyl (C=O) groups excluding carboxylic acids is 1. The van der Waals surface area contributed by atoms with E-state index in [2.05, 4.69) is 5.32 Å². The van der Waals surface area contributed by atoms with Crippen LogP contribution in [0.15, 0.2) is 24.3 Å². The van der Waals surface area contributed by atoms with E-state index >= 15 is 0 Å². The minimum atomic E-state index is -0.622. The number of hydrogen-bond acceptors (Lipinski definition) is 4. The Labute approximate surface area is 88.2 Å². The van der Waals surface area contributed by atoms with Crippen LogP contribution >= 0.6 is 0 Å². The molecule has 0 fully saturated rings. The molecule has 2 rings (SSSR count). The van der Waals surface area contributed by atoms with Gasteiger partial charge in [-0.15, -0.1) is 0 Å². The average molecular weight is 207 g/mol. The zero-order valence-electron chi connectivity index (χ0n) is 8.53. The number of nitrogens with one attached hydrogen (secondary N) is 1. The Kier molecular flexibility index (Phi) is 2.76. The van der Waals surface area contributed by atoms with Gasteiger partial charge in [-0.1, -0.05) is 18.2 Å². The van der Waals surface area contributed by atoms with Gasteiger partial charge in [0.2, 0.25) is 0 Å². The molecule has 1 aliphatic rings. The van der Waals surface area contributed by atoms with Crippen molar-refractivity contribution >= 4 is 11.8 Å². The maximum Gasteiger partial charge on any atom is 0.510 e. The molecule has 0 aromatic heterocycles. The van der Waals surface area contributed by atoms with E-state index in [9.17, 15) is 4.79 Å². The fourth-order valence-electron chi connectivity index (χ4n) is 1.60. The first-order chi connectivity index (χ1) is 7.29. The highest BCUT2D eigenvalue weighted by molar-refractivity contribution is 5.62. The molecular formula is C11H13NO3. The fraction of sp³-hybridized carbons (Fsp3) is 0.364. The molecule has 0 amide bonds. The second-order valence-electron chi connectivity index (χ2n) is 3.30. The number of rotatable bonds is 2. The largest absolute Gasteiger partial charge is 0.510 e. The maximum atomic E-state index is 11.1. The molecule has 4 nitrogen and oxygen atoms in total. The summed E-state index contributed by atoms with van der Waals surface area (Å²) >= 11 is 0. The minimum absolute atomic E-state index is 0.304. The van der Waals surface area contributed by atoms with Crippen molar-refractivity contribution < 1.29 is 14.3 Å². The van der Waals surface area contributed by atoms with Gasteiger partial charge in [-0.2, -0.15) is 0 Å². The van der Waals surface area contributed by atoms with Gasteiger partial charge >= 0.3 is 6.16 Å². The molecule has 80 valence electrons. The Morgan fingerprint density at radius 1 is 1.53 bits per heavy atom. The summed E-state index contributed by atoms with van der Waals surface area (Å²) in [6.45, 7) is 2.08. The third kappa shape index (κ3) is 2.21. The van der Waals surface area contributed by atoms with E-state index in [4.69, 9.17) is 9.47 Å². The number of hydrogen-bond donors (Lipinski definition) is 1. The summed E-state index contributed by atoms with van der Waals surface area (Å²) in [4.78, 5) is 11.1. The van der Waals surface area contributed by atoms with Crippen molar-refractivity contribution in [3.63, 3.8) is 0 Å². The lowest BCUT2D eigenvalue weighted by molar-refractivity contribution is 0.0371. The lowest BCUT2D eigenvalue weighted by Crippen LogP contribution is -2.24. The van der Waals surface area contributed by atoms with Gasteiger partial charge in [0.05, 0.1) is 6.61 Å². The highest BCUT2D eigenvalue weighted by atomic mass is 16.7. The molecule has 0 aliphatic carbocycles. The molecule has 1 aromatic carbocycles. The van der Waals surface area contributed by atoms with Gasteiger partial charge in [-0.3, -0.25) is 0 Å². The Hall–Kier alpha value is -1.71. The summed E-state index contributed by atoms with van der Waals surface area (Å²) in [5.41, 5.74) is 2.18. The predicted molar refractivity (Wildman–Crippen MR) is 55.7 cm³/mol. The molecule has 0 saturated heterocycles. The van der Waals surface area contributed by atoms with Crippen molar-refractivity contribution in [3.8, 4) is 0 Å². The predicted octanol–water partition coefficient (Wildman–Crippen LogP) is 2.15. The molecule has 1 heterocycles. The topological polar surface area (TPSA) is 47.6 Å². The van der Waals surface area contributed by atoms with E-state index in [1.54, 1.807) is 6.92 Å². The van der Waals surface area contributed by atoms with Crippen molar-refractivity contribution in [1.82, 2.24) is 0 Å². The zero-order valence-corrected chi connectivity index (χ0v) is 8.53. The summed E-state index contributed by atoms with van der Waals surface area (Å²) in [5, 5.41) is 3.10. The van der Waals surface area contributed by atoms with Crippen LogP contribution in [0.25, 0.3) is 0 Å². The van der Waals surface area contributed by atoms with E-state index in [1.165, 1.54) is 0 Å². The third-order valence-electron chi connectivity index (χ3n) is 2.24. The monoisotopic (exact) mass is 207 g/mol. The van der Waals surface area contributed by atoms with Gasteiger partial charge in [-0.05, 0) is 18.6 Å². The van der Waals surface area contributed by atoms with E-state index in [0.717, 1.165) is 11.3 Å². The van der Waals surface area contributed by atoms with Gasteiger partial charge in [0, 0.05) is 12.1 Å². The van der Waals surface area contributed by atoms with Crippen LogP contribution in [0.1, 0.15) is 12.5 Å². The Morgan fingerprint density at radius 3 is 3.07 bits per heavy atom. The van der Waals surface area contributed by atoms with Crippen molar-refractivity contribution in [3.05, 3.63) is 29.8 Å². The number of para-hydroxylation sites is 1. The third-order valence-corrected chi connectivity index (χ3v) is 2.24. The molecule has 15 heavy (non-hydrogen) atoms. The molecule has 0 spiro atoms. The quantitative estimate of drug-likeness (QED) is 0.755. The first kappa shape index (κ1) is 9.83. The van der Waals surface area contributed by atoms with Crippen LogP contribution in [-0.4, -0.2) is 19.0 Å². The van der Waals surface area contributed by atoms with Crippen molar-refractivity contribution in [2.45, 2.75) is 19.6 Å². The van der Waals surface area contributed by atoms with Crippen LogP contribution in [0.4, 0.5) is 10.5 Å². The fourth-order valence-corrected chi connectivity index (χ4v) is 1.60. The molecule has 1 aromatic rings. The first-order valence-corrected chi connectivity index (χ1v) is 4.97. The number of ether oxygens (including phenoxy) is 2.